The predicted molar refractivity (Wildman–Crippen MR) is 75.9 cm³/mol. The number of amides is 1. The molecule has 1 aliphatic heterocycles. The Morgan fingerprint density at radius 1 is 1.60 bits per heavy atom. The van der Waals surface area contributed by atoms with Crippen molar-refractivity contribution >= 4 is 17.4 Å². The van der Waals surface area contributed by atoms with E-state index in [-0.39, 0.29) is 17.8 Å². The fourth-order valence-corrected chi connectivity index (χ4v) is 2.38. The summed E-state index contributed by atoms with van der Waals surface area (Å²) in [4.78, 5) is 12.0. The number of aryl methyl sites for hydroxylation is 1. The largest absolute Gasteiger partial charge is 0.409 e. The maximum atomic E-state index is 12.0. The van der Waals surface area contributed by atoms with E-state index in [1.807, 2.05) is 19.1 Å². The molecule has 0 aliphatic carbocycles. The van der Waals surface area contributed by atoms with Gasteiger partial charge in [-0.3, -0.25) is 4.79 Å². The van der Waals surface area contributed by atoms with E-state index in [4.69, 9.17) is 15.7 Å². The van der Waals surface area contributed by atoms with Gasteiger partial charge in [-0.15, -0.1) is 0 Å². The molecule has 1 amide bonds. The van der Waals surface area contributed by atoms with Crippen molar-refractivity contribution in [3.8, 4) is 0 Å². The van der Waals surface area contributed by atoms with E-state index >= 15 is 0 Å². The second-order valence-corrected chi connectivity index (χ2v) is 4.87. The van der Waals surface area contributed by atoms with Crippen LogP contribution in [0.5, 0.6) is 0 Å². The van der Waals surface area contributed by atoms with Crippen LogP contribution in [0.15, 0.2) is 23.4 Å². The van der Waals surface area contributed by atoms with E-state index in [9.17, 15) is 4.79 Å². The van der Waals surface area contributed by atoms with Gasteiger partial charge in [0, 0.05) is 12.2 Å². The van der Waals surface area contributed by atoms with Crippen molar-refractivity contribution < 1.29 is 14.7 Å². The summed E-state index contributed by atoms with van der Waals surface area (Å²) in [5, 5.41) is 14.6. The molecule has 6 nitrogen and oxygen atoms in total. The van der Waals surface area contributed by atoms with Crippen LogP contribution < -0.4 is 11.1 Å². The van der Waals surface area contributed by atoms with Crippen LogP contribution in [0.1, 0.15) is 30.4 Å². The molecule has 108 valence electrons. The van der Waals surface area contributed by atoms with Crippen molar-refractivity contribution in [3.05, 3.63) is 29.3 Å². The van der Waals surface area contributed by atoms with Crippen molar-refractivity contribution in [2.24, 2.45) is 10.9 Å². The summed E-state index contributed by atoms with van der Waals surface area (Å²) in [6.07, 6.45) is 2.22. The van der Waals surface area contributed by atoms with Crippen LogP contribution >= 0.6 is 0 Å². The maximum absolute atomic E-state index is 12.0. The van der Waals surface area contributed by atoms with E-state index in [1.165, 1.54) is 0 Å². The zero-order chi connectivity index (χ0) is 14.5. The second-order valence-electron chi connectivity index (χ2n) is 4.87. The number of carbonyl (C=O) groups excluding carboxylic acids is 1. The first-order chi connectivity index (χ1) is 9.61. The molecular formula is C14H19N3O3. The fourth-order valence-electron chi connectivity index (χ4n) is 2.38. The highest BCUT2D eigenvalue weighted by atomic mass is 16.5. The molecule has 1 fully saturated rings. The van der Waals surface area contributed by atoms with Crippen molar-refractivity contribution in [2.75, 3.05) is 11.9 Å². The van der Waals surface area contributed by atoms with Gasteiger partial charge in [-0.25, -0.2) is 0 Å². The summed E-state index contributed by atoms with van der Waals surface area (Å²) in [5.74, 6) is -0.148. The van der Waals surface area contributed by atoms with Crippen molar-refractivity contribution in [1.82, 2.24) is 0 Å². The van der Waals surface area contributed by atoms with Crippen LogP contribution in [0.4, 0.5) is 5.69 Å². The summed E-state index contributed by atoms with van der Waals surface area (Å²) < 4.78 is 5.43. The molecular weight excluding hydrogens is 258 g/mol. The molecule has 1 atom stereocenters. The van der Waals surface area contributed by atoms with Crippen molar-refractivity contribution in [2.45, 2.75) is 32.3 Å². The van der Waals surface area contributed by atoms with Crippen molar-refractivity contribution in [1.29, 1.82) is 0 Å². The van der Waals surface area contributed by atoms with Crippen LogP contribution in [-0.2, 0) is 9.53 Å². The standard InChI is InChI=1S/C14H19N3O3/c1-9-4-2-6-11(13(9)14(15)17-19)16-12(18)8-10-5-3-7-20-10/h2,4,6,10,19H,3,5,7-8H2,1H3,(H2,15,17)(H,16,18). The average Bonchev–Trinajstić information content (AvgIpc) is 2.91. The van der Waals surface area contributed by atoms with Crippen LogP contribution in [0, 0.1) is 6.92 Å². The average molecular weight is 277 g/mol. The minimum atomic E-state index is -0.130. The zero-order valence-corrected chi connectivity index (χ0v) is 11.4. The second kappa shape index (κ2) is 6.38. The Balaban J connectivity index is 2.12. The van der Waals surface area contributed by atoms with E-state index in [0.717, 1.165) is 25.0 Å². The van der Waals surface area contributed by atoms with Crippen LogP contribution in [0.3, 0.4) is 0 Å². The molecule has 1 heterocycles. The first kappa shape index (κ1) is 14.3. The minimum absolute atomic E-state index is 0.00730. The number of hydrogen-bond donors (Lipinski definition) is 3. The summed E-state index contributed by atoms with van der Waals surface area (Å²) >= 11 is 0. The Labute approximate surface area is 117 Å². The molecule has 1 aromatic carbocycles. The molecule has 2 rings (SSSR count). The van der Waals surface area contributed by atoms with Crippen LogP contribution in [0.2, 0.25) is 0 Å². The number of rotatable bonds is 4. The summed E-state index contributed by atoms with van der Waals surface area (Å²) in [7, 11) is 0. The van der Waals surface area contributed by atoms with Gasteiger partial charge in [-0.2, -0.15) is 0 Å². The predicted octanol–water partition coefficient (Wildman–Crippen LogP) is 1.60. The van der Waals surface area contributed by atoms with E-state index < -0.39 is 0 Å². The Morgan fingerprint density at radius 3 is 3.05 bits per heavy atom. The topological polar surface area (TPSA) is 96.9 Å². The van der Waals surface area contributed by atoms with E-state index in [0.29, 0.717) is 17.7 Å². The van der Waals surface area contributed by atoms with Gasteiger partial charge >= 0.3 is 0 Å². The third-order valence-corrected chi connectivity index (χ3v) is 3.35. The maximum Gasteiger partial charge on any atom is 0.227 e. The quantitative estimate of drug-likeness (QED) is 0.337. The summed E-state index contributed by atoms with van der Waals surface area (Å²) in [6, 6.07) is 5.38. The lowest BCUT2D eigenvalue weighted by molar-refractivity contribution is -0.118. The van der Waals surface area contributed by atoms with Crippen LogP contribution in [-0.4, -0.2) is 29.7 Å². The first-order valence-electron chi connectivity index (χ1n) is 6.60. The molecule has 1 saturated heterocycles. The van der Waals surface area contributed by atoms with Gasteiger partial charge in [0.1, 0.15) is 0 Å². The number of nitrogens with zero attached hydrogens (tertiary/aromatic N) is 1. The van der Waals surface area contributed by atoms with Gasteiger partial charge in [-0.1, -0.05) is 17.3 Å². The molecule has 4 N–H and O–H groups in total. The van der Waals surface area contributed by atoms with Crippen molar-refractivity contribution in [3.63, 3.8) is 0 Å². The highest BCUT2D eigenvalue weighted by Gasteiger charge is 2.20. The lowest BCUT2D eigenvalue weighted by Gasteiger charge is -2.14. The Hall–Kier alpha value is -2.08. The van der Waals surface area contributed by atoms with Crippen LogP contribution in [0.25, 0.3) is 0 Å². The number of nitrogens with one attached hydrogen (secondary N) is 1. The molecule has 6 heteroatoms. The number of carbonyl (C=O) groups is 1. The molecule has 0 radical (unpaired) electrons. The van der Waals surface area contributed by atoms with Gasteiger partial charge in [0.15, 0.2) is 5.84 Å². The minimum Gasteiger partial charge on any atom is -0.409 e. The Morgan fingerprint density at radius 2 is 2.40 bits per heavy atom. The molecule has 1 unspecified atom stereocenters. The smallest absolute Gasteiger partial charge is 0.227 e. The van der Waals surface area contributed by atoms with Gasteiger partial charge in [0.2, 0.25) is 5.91 Å². The number of amidine groups is 1. The monoisotopic (exact) mass is 277 g/mol. The van der Waals surface area contributed by atoms with Gasteiger partial charge in [0.25, 0.3) is 0 Å². The molecule has 1 aromatic rings. The highest BCUT2D eigenvalue weighted by molar-refractivity contribution is 6.06. The summed E-state index contributed by atoms with van der Waals surface area (Å²) in [5.41, 5.74) is 7.57. The first-order valence-corrected chi connectivity index (χ1v) is 6.60. The SMILES string of the molecule is Cc1cccc(NC(=O)CC2CCCO2)c1/C(N)=N/O. The number of hydrogen-bond acceptors (Lipinski definition) is 4. The number of oxime groups is 1. The molecule has 0 bridgehead atoms. The number of anilines is 1. The van der Waals surface area contributed by atoms with Gasteiger partial charge < -0.3 is 21.0 Å². The highest BCUT2D eigenvalue weighted by Crippen LogP contribution is 2.21. The normalized spacial score (nSPS) is 19.1. The fraction of sp³-hybridized carbons (Fsp3) is 0.429. The zero-order valence-electron chi connectivity index (χ0n) is 11.4. The Bertz CT molecular complexity index is 522. The molecule has 0 saturated carbocycles. The lowest BCUT2D eigenvalue weighted by atomic mass is 10.1. The Kier molecular flexibility index (Phi) is 4.57. The summed E-state index contributed by atoms with van der Waals surface area (Å²) in [6.45, 7) is 2.56. The third-order valence-electron chi connectivity index (χ3n) is 3.35. The number of ether oxygens (including phenoxy) is 1. The van der Waals surface area contributed by atoms with Gasteiger partial charge in [-0.05, 0) is 31.4 Å². The number of nitrogens with two attached hydrogens (primary N) is 1. The molecule has 0 spiro atoms. The number of benzene rings is 1. The third kappa shape index (κ3) is 3.27. The van der Waals surface area contributed by atoms with E-state index in [2.05, 4.69) is 10.5 Å². The molecule has 1 aliphatic rings. The van der Waals surface area contributed by atoms with E-state index in [1.54, 1.807) is 6.07 Å². The molecule has 0 aromatic heterocycles. The lowest BCUT2D eigenvalue weighted by Crippen LogP contribution is -2.23. The molecule has 20 heavy (non-hydrogen) atoms. The van der Waals surface area contributed by atoms with Gasteiger partial charge in [0.05, 0.1) is 18.2 Å².